The van der Waals surface area contributed by atoms with Gasteiger partial charge < -0.3 is 9.32 Å². The van der Waals surface area contributed by atoms with Crippen molar-refractivity contribution in [2.45, 2.75) is 45.2 Å². The number of hydrogen-bond donors (Lipinski definition) is 0. The van der Waals surface area contributed by atoms with Gasteiger partial charge in [-0.05, 0) is 38.0 Å². The number of aromatic nitrogens is 4. The first-order chi connectivity index (χ1) is 12.1. The Kier molecular flexibility index (Phi) is 3.01. The smallest absolute Gasteiger partial charge is 0.254 e. The van der Waals surface area contributed by atoms with Crippen LogP contribution in [0.3, 0.4) is 0 Å². The topological polar surface area (TPSA) is 77.1 Å². The van der Waals surface area contributed by atoms with Crippen molar-refractivity contribution in [2.75, 3.05) is 6.54 Å². The number of amides is 1. The zero-order valence-corrected chi connectivity index (χ0v) is 14.3. The predicted molar refractivity (Wildman–Crippen MR) is 90.2 cm³/mol. The fourth-order valence-corrected chi connectivity index (χ4v) is 3.51. The van der Waals surface area contributed by atoms with Gasteiger partial charge in [0.1, 0.15) is 11.3 Å². The summed E-state index contributed by atoms with van der Waals surface area (Å²) in [6.07, 6.45) is 2.36. The van der Waals surface area contributed by atoms with Crippen LogP contribution in [0.25, 0.3) is 11.1 Å². The number of hydrogen-bond acceptors (Lipinski definition) is 5. The Morgan fingerprint density at radius 1 is 1.24 bits per heavy atom. The van der Waals surface area contributed by atoms with Crippen LogP contribution in [-0.2, 0) is 6.54 Å². The van der Waals surface area contributed by atoms with E-state index in [4.69, 9.17) is 9.40 Å². The van der Waals surface area contributed by atoms with Crippen molar-refractivity contribution in [1.29, 1.82) is 0 Å². The maximum Gasteiger partial charge on any atom is 0.254 e. The molecule has 7 nitrogen and oxygen atoms in total. The van der Waals surface area contributed by atoms with Gasteiger partial charge in [0.05, 0.1) is 12.6 Å². The third kappa shape index (κ3) is 2.33. The molecule has 0 spiro atoms. The summed E-state index contributed by atoms with van der Waals surface area (Å²) < 4.78 is 7.52. The molecule has 1 fully saturated rings. The van der Waals surface area contributed by atoms with Gasteiger partial charge >= 0.3 is 0 Å². The molecule has 2 aliphatic rings. The van der Waals surface area contributed by atoms with Gasteiger partial charge in [0.15, 0.2) is 17.3 Å². The van der Waals surface area contributed by atoms with Gasteiger partial charge in [-0.2, -0.15) is 5.10 Å². The third-order valence-corrected chi connectivity index (χ3v) is 5.06. The summed E-state index contributed by atoms with van der Waals surface area (Å²) in [4.78, 5) is 23.9. The second-order valence-corrected chi connectivity index (χ2v) is 6.92. The van der Waals surface area contributed by atoms with E-state index in [2.05, 4.69) is 10.1 Å². The molecule has 1 aromatic carbocycles. The standard InChI is InChI=1S/C18H19N5O2/c1-10-17-20-16(12-3-4-12)21-23(17)8-7-22(10)18(24)13-5-6-14-15(9-13)25-11(2)19-14/h5-6,9-10,12H,3-4,7-8H2,1-2H3/t10-/m1/s1. The number of carbonyl (C=O) groups is 1. The average Bonchev–Trinajstić information content (AvgIpc) is 3.24. The third-order valence-electron chi connectivity index (χ3n) is 5.06. The van der Waals surface area contributed by atoms with E-state index in [1.165, 1.54) is 12.8 Å². The maximum absolute atomic E-state index is 13.0. The number of benzene rings is 1. The van der Waals surface area contributed by atoms with E-state index < -0.39 is 0 Å². The van der Waals surface area contributed by atoms with Crippen molar-refractivity contribution >= 4 is 17.0 Å². The van der Waals surface area contributed by atoms with Crippen LogP contribution in [0.1, 0.15) is 59.6 Å². The molecular weight excluding hydrogens is 318 g/mol. The Morgan fingerprint density at radius 2 is 2.08 bits per heavy atom. The van der Waals surface area contributed by atoms with E-state index in [1.54, 1.807) is 13.0 Å². The zero-order valence-electron chi connectivity index (χ0n) is 14.3. The quantitative estimate of drug-likeness (QED) is 0.718. The first-order valence-electron chi connectivity index (χ1n) is 8.73. The number of rotatable bonds is 2. The normalized spacial score (nSPS) is 20.1. The van der Waals surface area contributed by atoms with E-state index in [0.29, 0.717) is 36.0 Å². The summed E-state index contributed by atoms with van der Waals surface area (Å²) in [6.45, 7) is 5.15. The van der Waals surface area contributed by atoms with Crippen LogP contribution in [0, 0.1) is 6.92 Å². The highest BCUT2D eigenvalue weighted by atomic mass is 16.3. The highest BCUT2D eigenvalue weighted by Gasteiger charge is 2.35. The Morgan fingerprint density at radius 3 is 2.88 bits per heavy atom. The molecule has 1 aliphatic heterocycles. The van der Waals surface area contributed by atoms with Crippen molar-refractivity contribution in [3.63, 3.8) is 0 Å². The van der Waals surface area contributed by atoms with Gasteiger partial charge in [-0.3, -0.25) is 4.79 Å². The molecule has 1 atom stereocenters. The van der Waals surface area contributed by atoms with Gasteiger partial charge in [0, 0.05) is 24.9 Å². The first kappa shape index (κ1) is 14.6. The van der Waals surface area contributed by atoms with Gasteiger partial charge in [-0.25, -0.2) is 14.6 Å². The molecule has 1 amide bonds. The molecule has 5 rings (SSSR count). The molecule has 0 N–H and O–H groups in total. The molecule has 0 unspecified atom stereocenters. The lowest BCUT2D eigenvalue weighted by molar-refractivity contribution is 0.0631. The van der Waals surface area contributed by atoms with E-state index in [1.807, 2.05) is 28.6 Å². The summed E-state index contributed by atoms with van der Waals surface area (Å²) in [5.41, 5.74) is 2.03. The lowest BCUT2D eigenvalue weighted by atomic mass is 10.1. The number of aryl methyl sites for hydroxylation is 1. The maximum atomic E-state index is 13.0. The molecule has 25 heavy (non-hydrogen) atoms. The molecule has 7 heteroatoms. The summed E-state index contributed by atoms with van der Waals surface area (Å²) >= 11 is 0. The van der Waals surface area contributed by atoms with Crippen molar-refractivity contribution < 1.29 is 9.21 Å². The van der Waals surface area contributed by atoms with Gasteiger partial charge in [0.25, 0.3) is 5.91 Å². The average molecular weight is 337 g/mol. The Labute approximate surface area is 144 Å². The summed E-state index contributed by atoms with van der Waals surface area (Å²) in [5.74, 6) is 2.94. The summed E-state index contributed by atoms with van der Waals surface area (Å²) in [5, 5.41) is 4.62. The van der Waals surface area contributed by atoms with Crippen molar-refractivity contribution in [3.8, 4) is 0 Å². The monoisotopic (exact) mass is 337 g/mol. The lowest BCUT2D eigenvalue weighted by Crippen LogP contribution is -2.41. The first-order valence-corrected chi connectivity index (χ1v) is 8.73. The number of oxazole rings is 1. The van der Waals surface area contributed by atoms with E-state index >= 15 is 0 Å². The lowest BCUT2D eigenvalue weighted by Gasteiger charge is -2.33. The second kappa shape index (κ2) is 5.15. The Hall–Kier alpha value is -2.70. The minimum absolute atomic E-state index is 0.00863. The van der Waals surface area contributed by atoms with Crippen LogP contribution >= 0.6 is 0 Å². The molecular formula is C18H19N5O2. The molecule has 3 aromatic rings. The molecule has 2 aromatic heterocycles. The summed E-state index contributed by atoms with van der Waals surface area (Å²) in [7, 11) is 0. The van der Waals surface area contributed by atoms with Crippen LogP contribution in [-0.4, -0.2) is 37.1 Å². The van der Waals surface area contributed by atoms with Gasteiger partial charge in [-0.15, -0.1) is 0 Å². The van der Waals surface area contributed by atoms with Crippen LogP contribution in [0.15, 0.2) is 22.6 Å². The minimum atomic E-state index is -0.0894. The van der Waals surface area contributed by atoms with Crippen molar-refractivity contribution in [3.05, 3.63) is 41.3 Å². The molecule has 0 saturated heterocycles. The molecule has 0 bridgehead atoms. The van der Waals surface area contributed by atoms with E-state index in [0.717, 1.165) is 17.2 Å². The second-order valence-electron chi connectivity index (χ2n) is 6.92. The minimum Gasteiger partial charge on any atom is -0.441 e. The molecule has 3 heterocycles. The van der Waals surface area contributed by atoms with E-state index in [-0.39, 0.29) is 11.9 Å². The van der Waals surface area contributed by atoms with Crippen LogP contribution in [0.2, 0.25) is 0 Å². The van der Waals surface area contributed by atoms with Crippen LogP contribution < -0.4 is 0 Å². The highest BCUT2D eigenvalue weighted by Crippen LogP contribution is 2.39. The van der Waals surface area contributed by atoms with Crippen molar-refractivity contribution in [2.24, 2.45) is 0 Å². The molecule has 128 valence electrons. The predicted octanol–water partition coefficient (Wildman–Crippen LogP) is 2.82. The van der Waals surface area contributed by atoms with Gasteiger partial charge in [-0.1, -0.05) is 0 Å². The van der Waals surface area contributed by atoms with Crippen LogP contribution in [0.4, 0.5) is 0 Å². The zero-order chi connectivity index (χ0) is 17.1. The summed E-state index contributed by atoms with van der Waals surface area (Å²) in [6, 6.07) is 5.34. The number of fused-ring (bicyclic) bond motifs is 2. The Balaban J connectivity index is 1.45. The largest absolute Gasteiger partial charge is 0.441 e. The SMILES string of the molecule is Cc1nc2ccc(C(=O)N3CCn4nc(C5CC5)nc4[C@H]3C)cc2o1. The fourth-order valence-electron chi connectivity index (χ4n) is 3.51. The highest BCUT2D eigenvalue weighted by molar-refractivity contribution is 5.97. The van der Waals surface area contributed by atoms with Crippen molar-refractivity contribution in [1.82, 2.24) is 24.6 Å². The molecule has 0 radical (unpaired) electrons. The van der Waals surface area contributed by atoms with Crippen LogP contribution in [0.5, 0.6) is 0 Å². The number of carbonyl (C=O) groups excluding carboxylic acids is 1. The molecule has 1 saturated carbocycles. The van der Waals surface area contributed by atoms with E-state index in [9.17, 15) is 4.79 Å². The fraction of sp³-hybridized carbons (Fsp3) is 0.444. The Bertz CT molecular complexity index is 985. The number of nitrogens with zero attached hydrogens (tertiary/aromatic N) is 5. The van der Waals surface area contributed by atoms with Gasteiger partial charge in [0.2, 0.25) is 0 Å². The molecule has 1 aliphatic carbocycles.